The lowest BCUT2D eigenvalue weighted by Crippen LogP contribution is -2.69. The molecule has 0 spiro atoms. The molecule has 1 aromatic heterocycles. The predicted octanol–water partition coefficient (Wildman–Crippen LogP) is 4.64. The number of amides is 3. The van der Waals surface area contributed by atoms with Crippen molar-refractivity contribution < 1.29 is 14.4 Å². The van der Waals surface area contributed by atoms with Gasteiger partial charge in [-0.15, -0.1) is 0 Å². The minimum atomic E-state index is -0.776. The van der Waals surface area contributed by atoms with E-state index in [4.69, 9.17) is 0 Å². The fourth-order valence-electron chi connectivity index (χ4n) is 5.63. The molecular formula is C28H35N3O3. The van der Waals surface area contributed by atoms with Crippen LogP contribution in [-0.4, -0.2) is 40.7 Å². The van der Waals surface area contributed by atoms with E-state index in [1.54, 1.807) is 24.3 Å². The molecular weight excluding hydrogens is 426 g/mol. The van der Waals surface area contributed by atoms with Gasteiger partial charge in [0, 0.05) is 31.5 Å². The third kappa shape index (κ3) is 5.06. The molecule has 3 atom stereocenters. The molecule has 1 aliphatic carbocycles. The molecule has 180 valence electrons. The number of carbonyl (C=O) groups excluding carboxylic acids is 3. The Labute approximate surface area is 202 Å². The fourth-order valence-corrected chi connectivity index (χ4v) is 5.63. The molecule has 1 aliphatic heterocycles. The van der Waals surface area contributed by atoms with Gasteiger partial charge in [-0.25, -0.2) is 0 Å². The normalized spacial score (nSPS) is 21.6. The van der Waals surface area contributed by atoms with Crippen molar-refractivity contribution in [2.45, 2.75) is 64.3 Å². The summed E-state index contributed by atoms with van der Waals surface area (Å²) < 4.78 is 0. The van der Waals surface area contributed by atoms with Crippen molar-refractivity contribution in [3.8, 4) is 0 Å². The molecule has 0 unspecified atom stereocenters. The number of para-hydroxylation sites is 1. The van der Waals surface area contributed by atoms with Crippen LogP contribution in [0.4, 0.5) is 5.69 Å². The summed E-state index contributed by atoms with van der Waals surface area (Å²) in [7, 11) is 1.71. The van der Waals surface area contributed by atoms with Crippen molar-refractivity contribution in [1.29, 1.82) is 0 Å². The first-order valence-corrected chi connectivity index (χ1v) is 12.6. The number of hydrogen-bond acceptors (Lipinski definition) is 4. The van der Waals surface area contributed by atoms with Crippen LogP contribution in [0.3, 0.4) is 0 Å². The Morgan fingerprint density at radius 3 is 2.38 bits per heavy atom. The molecule has 1 saturated carbocycles. The molecule has 0 bridgehead atoms. The van der Waals surface area contributed by atoms with Crippen LogP contribution in [0.5, 0.6) is 0 Å². The highest BCUT2D eigenvalue weighted by molar-refractivity contribution is 6.12. The van der Waals surface area contributed by atoms with Crippen molar-refractivity contribution in [3.63, 3.8) is 0 Å². The average Bonchev–Trinajstić information content (AvgIpc) is 2.89. The molecule has 0 radical (unpaired) electrons. The Balaban J connectivity index is 1.54. The molecule has 4 rings (SSSR count). The number of hydrogen-bond donors (Lipinski definition) is 0. The van der Waals surface area contributed by atoms with E-state index in [1.165, 1.54) is 24.2 Å². The minimum absolute atomic E-state index is 0.201. The Hall–Kier alpha value is -3.02. The second-order valence-corrected chi connectivity index (χ2v) is 9.72. The highest BCUT2D eigenvalue weighted by atomic mass is 16.2. The van der Waals surface area contributed by atoms with E-state index in [9.17, 15) is 14.4 Å². The summed E-state index contributed by atoms with van der Waals surface area (Å²) in [6, 6.07) is 12.3. The van der Waals surface area contributed by atoms with E-state index in [1.807, 2.05) is 42.5 Å². The van der Waals surface area contributed by atoms with Crippen molar-refractivity contribution in [1.82, 2.24) is 9.88 Å². The largest absolute Gasteiger partial charge is 0.314 e. The van der Waals surface area contributed by atoms with Crippen LogP contribution in [0, 0.1) is 17.8 Å². The smallest absolute Gasteiger partial charge is 0.250 e. The molecule has 0 N–H and O–H groups in total. The van der Waals surface area contributed by atoms with Crippen molar-refractivity contribution in [2.24, 2.45) is 17.8 Å². The Bertz CT molecular complexity index is 988. The lowest BCUT2D eigenvalue weighted by atomic mass is 9.76. The third-order valence-electron chi connectivity index (χ3n) is 7.69. The summed E-state index contributed by atoms with van der Waals surface area (Å²) in [6.45, 7) is 2.13. The van der Waals surface area contributed by atoms with Gasteiger partial charge in [-0.05, 0) is 48.1 Å². The first kappa shape index (κ1) is 24.1. The first-order valence-electron chi connectivity index (χ1n) is 12.6. The topological polar surface area (TPSA) is 70.6 Å². The third-order valence-corrected chi connectivity index (χ3v) is 7.69. The van der Waals surface area contributed by atoms with Gasteiger partial charge in [-0.3, -0.25) is 24.3 Å². The number of benzene rings is 1. The molecule has 2 heterocycles. The summed E-state index contributed by atoms with van der Waals surface area (Å²) in [5.74, 6) is -0.396. The molecule has 6 heteroatoms. The number of anilines is 1. The number of nitrogens with zero attached hydrogens (tertiary/aromatic N) is 3. The Kier molecular flexibility index (Phi) is 7.76. The zero-order valence-electron chi connectivity index (χ0n) is 20.2. The molecule has 1 saturated heterocycles. The second-order valence-electron chi connectivity index (χ2n) is 9.72. The second kappa shape index (κ2) is 10.9. The summed E-state index contributed by atoms with van der Waals surface area (Å²) in [4.78, 5) is 47.2. The zero-order valence-corrected chi connectivity index (χ0v) is 20.2. The van der Waals surface area contributed by atoms with Crippen LogP contribution < -0.4 is 4.90 Å². The SMILES string of the molecule is CC[C@@H](CC(=O)N1C(=O)[C@H](Cc2ccncc2)[C@H]1C(=O)N(C)c1ccccc1)C1CCCCC1. The number of likely N-dealkylation sites (N-methyl/N-ethyl adjacent to an activating group) is 1. The van der Waals surface area contributed by atoms with E-state index < -0.39 is 12.0 Å². The minimum Gasteiger partial charge on any atom is -0.314 e. The number of aromatic nitrogens is 1. The summed E-state index contributed by atoms with van der Waals surface area (Å²) in [6.07, 6.45) is 11.1. The van der Waals surface area contributed by atoms with Crippen LogP contribution in [0.2, 0.25) is 0 Å². The Morgan fingerprint density at radius 2 is 1.74 bits per heavy atom. The lowest BCUT2D eigenvalue weighted by Gasteiger charge is -2.46. The van der Waals surface area contributed by atoms with Gasteiger partial charge in [0.1, 0.15) is 6.04 Å². The number of likely N-dealkylation sites (tertiary alicyclic amines) is 1. The van der Waals surface area contributed by atoms with Crippen LogP contribution in [0.15, 0.2) is 54.9 Å². The maximum atomic E-state index is 13.6. The average molecular weight is 462 g/mol. The van der Waals surface area contributed by atoms with E-state index >= 15 is 0 Å². The van der Waals surface area contributed by atoms with Gasteiger partial charge in [0.25, 0.3) is 5.91 Å². The molecule has 2 fully saturated rings. The van der Waals surface area contributed by atoms with Gasteiger partial charge in [0.05, 0.1) is 5.92 Å². The van der Waals surface area contributed by atoms with Gasteiger partial charge in [0.2, 0.25) is 11.8 Å². The molecule has 2 aliphatic rings. The quantitative estimate of drug-likeness (QED) is 0.537. The maximum Gasteiger partial charge on any atom is 0.250 e. The van der Waals surface area contributed by atoms with Crippen LogP contribution in [0.1, 0.15) is 57.4 Å². The van der Waals surface area contributed by atoms with Gasteiger partial charge in [0.15, 0.2) is 0 Å². The molecule has 1 aromatic carbocycles. The Morgan fingerprint density at radius 1 is 1.06 bits per heavy atom. The van der Waals surface area contributed by atoms with Crippen LogP contribution in [-0.2, 0) is 20.8 Å². The predicted molar refractivity (Wildman–Crippen MR) is 132 cm³/mol. The van der Waals surface area contributed by atoms with Gasteiger partial charge >= 0.3 is 0 Å². The first-order chi connectivity index (χ1) is 16.5. The number of pyridine rings is 1. The number of β-lactam (4-membered cyclic amide) rings is 1. The zero-order chi connectivity index (χ0) is 24.1. The monoisotopic (exact) mass is 461 g/mol. The lowest BCUT2D eigenvalue weighted by molar-refractivity contribution is -0.171. The summed E-state index contributed by atoms with van der Waals surface area (Å²) in [5, 5.41) is 0. The molecule has 2 aromatic rings. The van der Waals surface area contributed by atoms with E-state index in [2.05, 4.69) is 11.9 Å². The molecule has 6 nitrogen and oxygen atoms in total. The molecule has 3 amide bonds. The summed E-state index contributed by atoms with van der Waals surface area (Å²) in [5.41, 5.74) is 1.69. The van der Waals surface area contributed by atoms with E-state index in [0.29, 0.717) is 18.8 Å². The molecule has 34 heavy (non-hydrogen) atoms. The van der Waals surface area contributed by atoms with Crippen molar-refractivity contribution >= 4 is 23.4 Å². The maximum absolute atomic E-state index is 13.6. The van der Waals surface area contributed by atoms with Gasteiger partial charge in [-0.2, -0.15) is 0 Å². The fraction of sp³-hybridized carbons (Fsp3) is 0.500. The van der Waals surface area contributed by atoms with Crippen LogP contribution >= 0.6 is 0 Å². The highest BCUT2D eigenvalue weighted by Crippen LogP contribution is 2.37. The van der Waals surface area contributed by atoms with Gasteiger partial charge < -0.3 is 4.90 Å². The van der Waals surface area contributed by atoms with Crippen LogP contribution in [0.25, 0.3) is 0 Å². The van der Waals surface area contributed by atoms with Gasteiger partial charge in [-0.1, -0.05) is 63.6 Å². The standard InChI is InChI=1S/C28H35N3O3/c1-3-21(22-10-6-4-7-11-22)19-25(32)31-26(28(34)30(2)23-12-8-5-9-13-23)24(27(31)33)18-20-14-16-29-17-15-20/h5,8-9,12-17,21-22,24,26H,3-4,6-7,10-11,18-19H2,1-2H3/t21-,24+,26-/m0/s1. The summed E-state index contributed by atoms with van der Waals surface area (Å²) >= 11 is 0. The highest BCUT2D eigenvalue weighted by Gasteiger charge is 2.55. The van der Waals surface area contributed by atoms with Crippen molar-refractivity contribution in [3.05, 3.63) is 60.4 Å². The van der Waals surface area contributed by atoms with E-state index in [-0.39, 0.29) is 23.6 Å². The number of imide groups is 1. The van der Waals surface area contributed by atoms with E-state index in [0.717, 1.165) is 30.5 Å². The number of rotatable bonds is 8. The van der Waals surface area contributed by atoms with Crippen molar-refractivity contribution in [2.75, 3.05) is 11.9 Å². The number of carbonyl (C=O) groups is 3.